The molecule has 2 fully saturated rings. The molecule has 0 aliphatic carbocycles. The van der Waals surface area contributed by atoms with Crippen LogP contribution in [0, 0.1) is 5.82 Å². The van der Waals surface area contributed by atoms with E-state index in [1.165, 1.54) is 17.7 Å². The molecule has 3 atom stereocenters. The molecule has 4 rings (SSSR count). The van der Waals surface area contributed by atoms with Crippen molar-refractivity contribution < 1.29 is 4.39 Å². The van der Waals surface area contributed by atoms with Crippen molar-refractivity contribution in [3.63, 3.8) is 0 Å². The Kier molecular flexibility index (Phi) is 5.52. The average molecular weight is 374 g/mol. The van der Waals surface area contributed by atoms with E-state index in [2.05, 4.69) is 27.7 Å². The summed E-state index contributed by atoms with van der Waals surface area (Å²) in [5.74, 6) is -0.198. The van der Waals surface area contributed by atoms with Gasteiger partial charge in [0.1, 0.15) is 5.82 Å². The largest absolute Gasteiger partial charge is 0.308 e. The van der Waals surface area contributed by atoms with Gasteiger partial charge in [0, 0.05) is 43.8 Å². The molecule has 2 heterocycles. The van der Waals surface area contributed by atoms with Crippen LogP contribution in [0.2, 0.25) is 5.02 Å². The van der Waals surface area contributed by atoms with E-state index in [0.29, 0.717) is 0 Å². The molecule has 0 saturated carbocycles. The van der Waals surface area contributed by atoms with Crippen LogP contribution >= 0.6 is 11.6 Å². The molecular weight excluding hydrogens is 351 g/mol. The predicted octanol–water partition coefficient (Wildman–Crippen LogP) is 2.70. The van der Waals surface area contributed by atoms with Crippen molar-refractivity contribution >= 4 is 11.6 Å². The first-order valence-electron chi connectivity index (χ1n) is 9.09. The van der Waals surface area contributed by atoms with Crippen LogP contribution < -0.4 is 16.0 Å². The van der Waals surface area contributed by atoms with Crippen LogP contribution in [0.3, 0.4) is 0 Å². The predicted molar refractivity (Wildman–Crippen MR) is 102 cm³/mol. The second kappa shape index (κ2) is 8.03. The SMILES string of the molecule is Fc1ccc(C2CN(C3[N]CCNC3c3ccc(Cl)cc3)CCN2)cc1. The minimum Gasteiger partial charge on any atom is -0.308 e. The van der Waals surface area contributed by atoms with Crippen molar-refractivity contribution in [2.24, 2.45) is 0 Å². The standard InChI is InChI=1S/C20H23ClFN4/c21-16-5-1-15(2-6-16)19-20(25-10-9-24-19)26-12-11-23-18(13-26)14-3-7-17(22)8-4-14/h1-8,18-20,23-24H,9-13H2. The molecule has 2 aliphatic heterocycles. The molecule has 0 spiro atoms. The number of rotatable bonds is 3. The molecule has 2 aromatic carbocycles. The molecule has 2 aromatic rings. The average Bonchev–Trinajstić information content (AvgIpc) is 2.69. The fraction of sp³-hybridized carbons (Fsp3) is 0.400. The number of hydrogen-bond acceptors (Lipinski definition) is 3. The van der Waals surface area contributed by atoms with Crippen LogP contribution in [0.4, 0.5) is 4.39 Å². The van der Waals surface area contributed by atoms with Gasteiger partial charge in [0.25, 0.3) is 0 Å². The summed E-state index contributed by atoms with van der Waals surface area (Å²) in [6.45, 7) is 4.39. The zero-order valence-electron chi connectivity index (χ0n) is 14.5. The van der Waals surface area contributed by atoms with Crippen LogP contribution in [0.25, 0.3) is 0 Å². The third-order valence-corrected chi connectivity index (χ3v) is 5.42. The normalized spacial score (nSPS) is 27.4. The van der Waals surface area contributed by atoms with Crippen molar-refractivity contribution in [3.8, 4) is 0 Å². The fourth-order valence-corrected chi connectivity index (χ4v) is 3.97. The lowest BCUT2D eigenvalue weighted by atomic mass is 9.98. The van der Waals surface area contributed by atoms with Crippen molar-refractivity contribution in [1.82, 2.24) is 20.9 Å². The molecule has 2 N–H and O–H groups in total. The van der Waals surface area contributed by atoms with E-state index in [-0.39, 0.29) is 24.1 Å². The summed E-state index contributed by atoms with van der Waals surface area (Å²) in [6.07, 6.45) is 0.0926. The van der Waals surface area contributed by atoms with Crippen molar-refractivity contribution in [2.45, 2.75) is 18.2 Å². The van der Waals surface area contributed by atoms with E-state index in [1.54, 1.807) is 0 Å². The van der Waals surface area contributed by atoms with E-state index in [0.717, 1.165) is 43.3 Å². The minimum atomic E-state index is -0.198. The molecular formula is C20H23ClFN4. The highest BCUT2D eigenvalue weighted by atomic mass is 35.5. The number of piperazine rings is 2. The summed E-state index contributed by atoms with van der Waals surface area (Å²) in [6, 6.07) is 15.2. The third-order valence-electron chi connectivity index (χ3n) is 5.17. The van der Waals surface area contributed by atoms with E-state index < -0.39 is 0 Å². The quantitative estimate of drug-likeness (QED) is 0.869. The van der Waals surface area contributed by atoms with Gasteiger partial charge in [-0.2, -0.15) is 0 Å². The van der Waals surface area contributed by atoms with Gasteiger partial charge in [0.2, 0.25) is 0 Å². The summed E-state index contributed by atoms with van der Waals surface area (Å²) < 4.78 is 13.2. The van der Waals surface area contributed by atoms with Gasteiger partial charge in [-0.05, 0) is 35.4 Å². The second-order valence-electron chi connectivity index (χ2n) is 6.86. The van der Waals surface area contributed by atoms with Gasteiger partial charge in [-0.25, -0.2) is 9.71 Å². The topological polar surface area (TPSA) is 41.4 Å². The number of nitrogens with zero attached hydrogens (tertiary/aromatic N) is 2. The molecule has 0 aromatic heterocycles. The van der Waals surface area contributed by atoms with Gasteiger partial charge in [-0.1, -0.05) is 35.9 Å². The van der Waals surface area contributed by atoms with Crippen LogP contribution in [0.15, 0.2) is 48.5 Å². The number of halogens is 2. The molecule has 0 bridgehead atoms. The van der Waals surface area contributed by atoms with Crippen LogP contribution in [0.1, 0.15) is 23.2 Å². The Balaban J connectivity index is 1.52. The summed E-state index contributed by atoms with van der Waals surface area (Å²) in [5, 5.41) is 12.8. The maximum Gasteiger partial charge on any atom is 0.123 e. The smallest absolute Gasteiger partial charge is 0.123 e. The monoisotopic (exact) mass is 373 g/mol. The zero-order chi connectivity index (χ0) is 17.9. The van der Waals surface area contributed by atoms with Crippen molar-refractivity contribution in [1.29, 1.82) is 0 Å². The Morgan fingerprint density at radius 3 is 2.46 bits per heavy atom. The number of hydrogen-bond donors (Lipinski definition) is 2. The fourth-order valence-electron chi connectivity index (χ4n) is 3.85. The molecule has 137 valence electrons. The summed E-state index contributed by atoms with van der Waals surface area (Å²) in [4.78, 5) is 2.43. The van der Waals surface area contributed by atoms with Crippen molar-refractivity contribution in [3.05, 3.63) is 70.5 Å². The highest BCUT2D eigenvalue weighted by molar-refractivity contribution is 6.30. The third kappa shape index (κ3) is 3.92. The molecule has 3 unspecified atom stereocenters. The Bertz CT molecular complexity index is 722. The molecule has 0 amide bonds. The van der Waals surface area contributed by atoms with Crippen LogP contribution in [-0.2, 0) is 0 Å². The van der Waals surface area contributed by atoms with E-state index in [4.69, 9.17) is 16.9 Å². The molecule has 2 saturated heterocycles. The maximum atomic E-state index is 13.2. The Morgan fingerprint density at radius 2 is 1.69 bits per heavy atom. The molecule has 1 radical (unpaired) electrons. The Hall–Kier alpha value is -1.50. The second-order valence-corrected chi connectivity index (χ2v) is 7.29. The number of benzene rings is 2. The highest BCUT2D eigenvalue weighted by Crippen LogP contribution is 2.27. The van der Waals surface area contributed by atoms with Gasteiger partial charge in [0.05, 0.1) is 12.2 Å². The lowest BCUT2D eigenvalue weighted by molar-refractivity contribution is 0.0752. The van der Waals surface area contributed by atoms with Crippen molar-refractivity contribution in [2.75, 3.05) is 32.7 Å². The van der Waals surface area contributed by atoms with Gasteiger partial charge in [-0.3, -0.25) is 4.90 Å². The van der Waals surface area contributed by atoms with E-state index in [1.807, 2.05) is 24.3 Å². The van der Waals surface area contributed by atoms with Gasteiger partial charge in [0.15, 0.2) is 0 Å². The molecule has 6 heteroatoms. The summed E-state index contributed by atoms with van der Waals surface area (Å²) in [7, 11) is 0. The Labute approximate surface area is 158 Å². The first kappa shape index (κ1) is 17.9. The first-order chi connectivity index (χ1) is 12.7. The van der Waals surface area contributed by atoms with Gasteiger partial charge >= 0.3 is 0 Å². The lowest BCUT2D eigenvalue weighted by Gasteiger charge is -2.44. The van der Waals surface area contributed by atoms with Gasteiger partial charge in [-0.15, -0.1) is 0 Å². The first-order valence-corrected chi connectivity index (χ1v) is 9.47. The van der Waals surface area contributed by atoms with Gasteiger partial charge < -0.3 is 10.6 Å². The summed E-state index contributed by atoms with van der Waals surface area (Å²) in [5.41, 5.74) is 2.32. The molecule has 4 nitrogen and oxygen atoms in total. The molecule has 26 heavy (non-hydrogen) atoms. The minimum absolute atomic E-state index is 0.0926. The van der Waals surface area contributed by atoms with E-state index >= 15 is 0 Å². The van der Waals surface area contributed by atoms with Crippen LogP contribution in [0.5, 0.6) is 0 Å². The van der Waals surface area contributed by atoms with Crippen LogP contribution in [-0.4, -0.2) is 43.8 Å². The molecule has 2 aliphatic rings. The maximum absolute atomic E-state index is 13.2. The lowest BCUT2D eigenvalue weighted by Crippen LogP contribution is -2.60. The summed E-state index contributed by atoms with van der Waals surface area (Å²) >= 11 is 6.04. The van der Waals surface area contributed by atoms with E-state index in [9.17, 15) is 4.39 Å². The Morgan fingerprint density at radius 1 is 0.962 bits per heavy atom. The highest BCUT2D eigenvalue weighted by Gasteiger charge is 2.34. The number of nitrogens with one attached hydrogen (secondary N) is 2. The zero-order valence-corrected chi connectivity index (χ0v) is 15.3.